The van der Waals surface area contributed by atoms with E-state index in [1.165, 1.54) is 30.3 Å². The molecule has 2 N–H and O–H groups in total. The van der Waals surface area contributed by atoms with Crippen LogP contribution in [0.25, 0.3) is 11.4 Å². The van der Waals surface area contributed by atoms with Gasteiger partial charge in [-0.2, -0.15) is 13.2 Å². The molecule has 0 radical (unpaired) electrons. The van der Waals surface area contributed by atoms with Gasteiger partial charge in [-0.3, -0.25) is 19.8 Å². The van der Waals surface area contributed by atoms with Crippen LogP contribution >= 0.6 is 0 Å². The summed E-state index contributed by atoms with van der Waals surface area (Å²) in [5.41, 5.74) is 0.364. The fourth-order valence-electron chi connectivity index (χ4n) is 3.64. The van der Waals surface area contributed by atoms with E-state index in [1.807, 2.05) is 4.90 Å². The van der Waals surface area contributed by atoms with Gasteiger partial charge in [0.05, 0.1) is 16.2 Å². The second-order valence-corrected chi connectivity index (χ2v) is 7.45. The number of H-pyrrole nitrogens is 1. The largest absolute Gasteiger partial charge is 0.508 e. The quantitative estimate of drug-likeness (QED) is 0.468. The average Bonchev–Trinajstić information content (AvgIpc) is 2.74. The van der Waals surface area contributed by atoms with Crippen LogP contribution in [0.2, 0.25) is 0 Å². The predicted molar refractivity (Wildman–Crippen MR) is 108 cm³/mol. The molecule has 2 heterocycles. The minimum Gasteiger partial charge on any atom is -0.508 e. The summed E-state index contributed by atoms with van der Waals surface area (Å²) in [6.45, 7) is 0.922. The van der Waals surface area contributed by atoms with Crippen LogP contribution in [-0.2, 0) is 25.7 Å². The number of nitrogens with one attached hydrogen (secondary N) is 1. The number of alkyl halides is 3. The fraction of sp³-hybridized carbons (Fsp3) is 0.238. The van der Waals surface area contributed by atoms with Crippen LogP contribution in [0.3, 0.4) is 0 Å². The zero-order valence-corrected chi connectivity index (χ0v) is 16.5. The molecule has 1 aliphatic heterocycles. The number of aromatic amines is 1. The van der Waals surface area contributed by atoms with E-state index < -0.39 is 16.7 Å². The smallest absolute Gasteiger partial charge is 0.416 e. The second kappa shape index (κ2) is 8.08. The van der Waals surface area contributed by atoms with E-state index in [4.69, 9.17) is 0 Å². The standard InChI is InChI=1S/C21H17F3N4O4/c22-21(23,24)14-3-1-12(2-4-14)19-25-17-11-27(8-7-16(17)20(30)26-19)10-13-9-15(28(31)32)5-6-18(13)29/h1-6,9,29H,7-8,10-11H2,(H,25,26,30). The van der Waals surface area contributed by atoms with Gasteiger partial charge in [0, 0.05) is 48.5 Å². The van der Waals surface area contributed by atoms with Crippen LogP contribution < -0.4 is 5.56 Å². The summed E-state index contributed by atoms with van der Waals surface area (Å²) >= 11 is 0. The van der Waals surface area contributed by atoms with Crippen LogP contribution in [0.4, 0.5) is 18.9 Å². The SMILES string of the molecule is O=c1[nH]c(-c2ccc(C(F)(F)F)cc2)nc2c1CCN(Cc1cc([N+](=O)[O-])ccc1O)C2. The van der Waals surface area contributed by atoms with Crippen LogP contribution in [0.5, 0.6) is 5.75 Å². The molecule has 166 valence electrons. The molecule has 1 aliphatic rings. The zero-order valence-electron chi connectivity index (χ0n) is 16.5. The highest BCUT2D eigenvalue weighted by Crippen LogP contribution is 2.31. The van der Waals surface area contributed by atoms with Crippen molar-refractivity contribution < 1.29 is 23.2 Å². The van der Waals surface area contributed by atoms with Gasteiger partial charge in [0.15, 0.2) is 0 Å². The first-order valence-corrected chi connectivity index (χ1v) is 9.60. The number of benzene rings is 2. The Morgan fingerprint density at radius 1 is 1.19 bits per heavy atom. The molecule has 0 bridgehead atoms. The maximum Gasteiger partial charge on any atom is 0.416 e. The lowest BCUT2D eigenvalue weighted by atomic mass is 10.0. The van der Waals surface area contributed by atoms with Gasteiger partial charge in [0.1, 0.15) is 11.6 Å². The summed E-state index contributed by atoms with van der Waals surface area (Å²) < 4.78 is 38.4. The number of phenols is 1. The molecule has 0 unspecified atom stereocenters. The second-order valence-electron chi connectivity index (χ2n) is 7.45. The molecule has 11 heteroatoms. The number of nitro benzene ring substituents is 1. The lowest BCUT2D eigenvalue weighted by Gasteiger charge is -2.28. The van der Waals surface area contributed by atoms with Gasteiger partial charge < -0.3 is 10.1 Å². The number of non-ortho nitro benzene ring substituents is 1. The summed E-state index contributed by atoms with van der Waals surface area (Å²) in [4.78, 5) is 31.9. The average molecular weight is 446 g/mol. The maximum absolute atomic E-state index is 12.8. The third kappa shape index (κ3) is 4.33. The molecule has 0 fully saturated rings. The number of fused-ring (bicyclic) bond motifs is 1. The molecule has 1 aromatic heterocycles. The lowest BCUT2D eigenvalue weighted by Crippen LogP contribution is -2.35. The minimum absolute atomic E-state index is 0.0780. The molecule has 32 heavy (non-hydrogen) atoms. The van der Waals surface area contributed by atoms with Crippen LogP contribution in [0, 0.1) is 10.1 Å². The van der Waals surface area contributed by atoms with Crippen LogP contribution in [0.15, 0.2) is 47.3 Å². The molecular weight excluding hydrogens is 429 g/mol. The Hall–Kier alpha value is -3.73. The van der Waals surface area contributed by atoms with E-state index in [0.29, 0.717) is 35.3 Å². The highest BCUT2D eigenvalue weighted by Gasteiger charge is 2.30. The molecule has 0 aliphatic carbocycles. The highest BCUT2D eigenvalue weighted by atomic mass is 19.4. The first kappa shape index (κ1) is 21.5. The van der Waals surface area contributed by atoms with Crippen molar-refractivity contribution >= 4 is 5.69 Å². The monoisotopic (exact) mass is 446 g/mol. The third-order valence-electron chi connectivity index (χ3n) is 5.31. The van der Waals surface area contributed by atoms with Crippen molar-refractivity contribution in [3.05, 3.63) is 85.3 Å². The van der Waals surface area contributed by atoms with E-state index in [1.54, 1.807) is 0 Å². The van der Waals surface area contributed by atoms with E-state index in [9.17, 15) is 33.2 Å². The molecule has 4 rings (SSSR count). The molecule has 0 saturated heterocycles. The van der Waals surface area contributed by atoms with E-state index >= 15 is 0 Å². The number of hydrogen-bond donors (Lipinski definition) is 2. The molecule has 0 spiro atoms. The highest BCUT2D eigenvalue weighted by molar-refractivity contribution is 5.56. The van der Waals surface area contributed by atoms with Gasteiger partial charge >= 0.3 is 6.18 Å². The maximum atomic E-state index is 12.8. The van der Waals surface area contributed by atoms with E-state index in [-0.39, 0.29) is 35.9 Å². The van der Waals surface area contributed by atoms with Crippen LogP contribution in [-0.4, -0.2) is 31.4 Å². The number of rotatable bonds is 4. The Bertz CT molecular complexity index is 1240. The number of halogens is 3. The molecule has 0 amide bonds. The third-order valence-corrected chi connectivity index (χ3v) is 5.31. The molecular formula is C21H17F3N4O4. The number of nitrogens with zero attached hydrogens (tertiary/aromatic N) is 3. The fourth-order valence-corrected chi connectivity index (χ4v) is 3.64. The Kier molecular flexibility index (Phi) is 5.43. The van der Waals surface area contributed by atoms with Gasteiger partial charge in [-0.15, -0.1) is 0 Å². The summed E-state index contributed by atoms with van der Waals surface area (Å²) in [6.07, 6.45) is -4.09. The van der Waals surface area contributed by atoms with Crippen molar-refractivity contribution in [3.63, 3.8) is 0 Å². The first-order chi connectivity index (χ1) is 15.1. The van der Waals surface area contributed by atoms with Crippen molar-refractivity contribution in [3.8, 4) is 17.1 Å². The van der Waals surface area contributed by atoms with Crippen molar-refractivity contribution in [1.82, 2.24) is 14.9 Å². The molecule has 3 aromatic rings. The summed E-state index contributed by atoms with van der Waals surface area (Å²) in [5, 5.41) is 21.1. The molecule has 0 saturated carbocycles. The molecule has 0 atom stereocenters. The van der Waals surface area contributed by atoms with Crippen molar-refractivity contribution in [2.75, 3.05) is 6.54 Å². The van der Waals surface area contributed by atoms with Gasteiger partial charge in [-0.25, -0.2) is 4.98 Å². The Morgan fingerprint density at radius 3 is 2.56 bits per heavy atom. The normalized spacial score (nSPS) is 14.2. The Labute approximate surface area is 179 Å². The number of phenolic OH excluding ortho intramolecular Hbond substituents is 1. The molecule has 8 nitrogen and oxygen atoms in total. The predicted octanol–water partition coefficient (Wildman–Crippen LogP) is 3.63. The van der Waals surface area contributed by atoms with Gasteiger partial charge in [0.2, 0.25) is 0 Å². The van der Waals surface area contributed by atoms with Crippen molar-refractivity contribution in [2.45, 2.75) is 25.7 Å². The summed E-state index contributed by atoms with van der Waals surface area (Å²) in [7, 11) is 0. The number of nitro groups is 1. The first-order valence-electron chi connectivity index (χ1n) is 9.60. The number of hydrogen-bond acceptors (Lipinski definition) is 6. The molecule has 2 aromatic carbocycles. The summed E-state index contributed by atoms with van der Waals surface area (Å²) in [6, 6.07) is 8.10. The lowest BCUT2D eigenvalue weighted by molar-refractivity contribution is -0.385. The van der Waals surface area contributed by atoms with E-state index in [0.717, 1.165) is 12.1 Å². The van der Waals surface area contributed by atoms with Crippen LogP contribution in [0.1, 0.15) is 22.4 Å². The number of aromatic nitrogens is 2. The van der Waals surface area contributed by atoms with E-state index in [2.05, 4.69) is 9.97 Å². The zero-order chi connectivity index (χ0) is 23.0. The number of aromatic hydroxyl groups is 1. The van der Waals surface area contributed by atoms with Crippen molar-refractivity contribution in [2.24, 2.45) is 0 Å². The summed E-state index contributed by atoms with van der Waals surface area (Å²) in [5.74, 6) is 0.0771. The Morgan fingerprint density at radius 2 is 1.91 bits per heavy atom. The Balaban J connectivity index is 1.60. The van der Waals surface area contributed by atoms with Gasteiger partial charge in [-0.05, 0) is 24.6 Å². The van der Waals surface area contributed by atoms with Gasteiger partial charge in [0.25, 0.3) is 11.2 Å². The van der Waals surface area contributed by atoms with Gasteiger partial charge in [-0.1, -0.05) is 12.1 Å². The van der Waals surface area contributed by atoms with Crippen molar-refractivity contribution in [1.29, 1.82) is 0 Å². The topological polar surface area (TPSA) is 112 Å². The minimum atomic E-state index is -4.46.